The first-order valence-corrected chi connectivity index (χ1v) is 7.42. The zero-order valence-electron chi connectivity index (χ0n) is 10.9. The molecule has 1 aromatic carbocycles. The number of hydrogen-bond donors (Lipinski definition) is 1. The quantitative estimate of drug-likeness (QED) is 0.897. The van der Waals surface area contributed by atoms with Gasteiger partial charge in [0.1, 0.15) is 16.7 Å². The highest BCUT2D eigenvalue weighted by atomic mass is 32.2. The van der Waals surface area contributed by atoms with E-state index in [1.807, 2.05) is 42.4 Å². The van der Waals surface area contributed by atoms with Crippen LogP contribution in [0.25, 0.3) is 0 Å². The second-order valence-corrected chi connectivity index (χ2v) is 6.05. The predicted molar refractivity (Wildman–Crippen MR) is 73.1 cm³/mol. The Hall–Kier alpha value is -0.910. The first-order valence-electron chi connectivity index (χ1n) is 6.31. The molecule has 1 aromatic rings. The van der Waals surface area contributed by atoms with Crippen LogP contribution < -0.4 is 10.1 Å². The molecule has 0 aliphatic carbocycles. The molecule has 1 aliphatic rings. The highest BCUT2D eigenvalue weighted by molar-refractivity contribution is 7.82. The molecule has 0 saturated carbocycles. The van der Waals surface area contributed by atoms with Crippen LogP contribution in [0.2, 0.25) is 0 Å². The van der Waals surface area contributed by atoms with Gasteiger partial charge in [0.15, 0.2) is 0 Å². The molecule has 2 rings (SSSR count). The summed E-state index contributed by atoms with van der Waals surface area (Å²) in [6.45, 7) is 7.45. The number of ether oxygens (including phenoxy) is 1. The smallest absolute Gasteiger partial charge is 0.127 e. The molecule has 0 radical (unpaired) electrons. The molecule has 1 atom stereocenters. The third-order valence-electron chi connectivity index (χ3n) is 2.71. The maximum absolute atomic E-state index is 12.3. The molecule has 1 heterocycles. The van der Waals surface area contributed by atoms with Gasteiger partial charge in [0.25, 0.3) is 0 Å². The lowest BCUT2D eigenvalue weighted by atomic mass is 10.3. The van der Waals surface area contributed by atoms with Crippen LogP contribution in [0.3, 0.4) is 0 Å². The maximum Gasteiger partial charge on any atom is 0.127 e. The number of rotatable bonds is 4. The lowest BCUT2D eigenvalue weighted by molar-refractivity contribution is 0.242. The lowest BCUT2D eigenvalue weighted by Crippen LogP contribution is -2.44. The fraction of sp³-hybridized carbons (Fsp3) is 0.538. The summed E-state index contributed by atoms with van der Waals surface area (Å²) in [5, 5.41) is 3.26. The average molecular weight is 268 g/mol. The van der Waals surface area contributed by atoms with Crippen molar-refractivity contribution in [1.82, 2.24) is 9.62 Å². The molecule has 0 bridgehead atoms. The molecule has 0 amide bonds. The van der Waals surface area contributed by atoms with Crippen molar-refractivity contribution in [2.24, 2.45) is 0 Å². The Morgan fingerprint density at radius 1 is 1.22 bits per heavy atom. The zero-order chi connectivity index (χ0) is 13.0. The van der Waals surface area contributed by atoms with Crippen LogP contribution in [0.15, 0.2) is 29.2 Å². The number of piperazine rings is 1. The Morgan fingerprint density at radius 2 is 1.83 bits per heavy atom. The minimum Gasteiger partial charge on any atom is -0.491 e. The van der Waals surface area contributed by atoms with E-state index in [1.165, 1.54) is 0 Å². The van der Waals surface area contributed by atoms with Gasteiger partial charge in [-0.1, -0.05) is 0 Å². The molecular weight excluding hydrogens is 248 g/mol. The molecule has 100 valence electrons. The van der Waals surface area contributed by atoms with Crippen LogP contribution in [0, 0.1) is 0 Å². The van der Waals surface area contributed by atoms with Gasteiger partial charge in [-0.3, -0.25) is 0 Å². The van der Waals surface area contributed by atoms with Crippen molar-refractivity contribution in [3.63, 3.8) is 0 Å². The highest BCUT2D eigenvalue weighted by Gasteiger charge is 2.17. The van der Waals surface area contributed by atoms with E-state index in [2.05, 4.69) is 5.32 Å². The van der Waals surface area contributed by atoms with E-state index in [0.29, 0.717) is 0 Å². The number of nitrogens with zero attached hydrogens (tertiary/aromatic N) is 1. The van der Waals surface area contributed by atoms with Gasteiger partial charge in [-0.15, -0.1) is 0 Å². The fourth-order valence-electron chi connectivity index (χ4n) is 1.87. The average Bonchev–Trinajstić information content (AvgIpc) is 2.39. The van der Waals surface area contributed by atoms with Gasteiger partial charge in [0.05, 0.1) is 11.0 Å². The van der Waals surface area contributed by atoms with Crippen molar-refractivity contribution in [2.45, 2.75) is 24.8 Å². The van der Waals surface area contributed by atoms with Gasteiger partial charge in [-0.05, 0) is 38.1 Å². The SMILES string of the molecule is CC(C)Oc1ccc(S(=O)N2CCNCC2)cc1. The number of hydrogen-bond acceptors (Lipinski definition) is 3. The monoisotopic (exact) mass is 268 g/mol. The van der Waals surface area contributed by atoms with Crippen molar-refractivity contribution in [3.8, 4) is 5.75 Å². The van der Waals surface area contributed by atoms with Crippen LogP contribution in [0.4, 0.5) is 0 Å². The Bertz CT molecular complexity index is 400. The second-order valence-electron chi connectivity index (χ2n) is 4.57. The molecule has 0 spiro atoms. The number of nitrogens with one attached hydrogen (secondary N) is 1. The standard InChI is InChI=1S/C13H20N2O2S/c1-11(2)17-12-3-5-13(6-4-12)18(16)15-9-7-14-8-10-15/h3-6,11,14H,7-10H2,1-2H3. The largest absolute Gasteiger partial charge is 0.491 e. The summed E-state index contributed by atoms with van der Waals surface area (Å²) in [4.78, 5) is 0.841. The molecule has 0 aromatic heterocycles. The van der Waals surface area contributed by atoms with E-state index in [4.69, 9.17) is 4.74 Å². The third kappa shape index (κ3) is 3.54. The predicted octanol–water partition coefficient (Wildman–Crippen LogP) is 1.40. The van der Waals surface area contributed by atoms with Crippen molar-refractivity contribution in [1.29, 1.82) is 0 Å². The van der Waals surface area contributed by atoms with Crippen LogP contribution in [-0.4, -0.2) is 40.8 Å². The molecule has 1 saturated heterocycles. The highest BCUT2D eigenvalue weighted by Crippen LogP contribution is 2.18. The summed E-state index contributed by atoms with van der Waals surface area (Å²) in [6, 6.07) is 7.54. The van der Waals surface area contributed by atoms with E-state index in [-0.39, 0.29) is 6.10 Å². The fourth-order valence-corrected chi connectivity index (χ4v) is 3.05. The van der Waals surface area contributed by atoms with E-state index in [0.717, 1.165) is 36.8 Å². The van der Waals surface area contributed by atoms with E-state index < -0.39 is 11.0 Å². The first-order chi connectivity index (χ1) is 8.66. The molecule has 18 heavy (non-hydrogen) atoms. The van der Waals surface area contributed by atoms with Gasteiger partial charge in [0, 0.05) is 26.2 Å². The molecule has 1 unspecified atom stereocenters. The van der Waals surface area contributed by atoms with Crippen LogP contribution in [-0.2, 0) is 11.0 Å². The van der Waals surface area contributed by atoms with E-state index in [1.54, 1.807) is 0 Å². The van der Waals surface area contributed by atoms with E-state index >= 15 is 0 Å². The molecule has 1 fully saturated rings. The molecule has 1 aliphatic heterocycles. The van der Waals surface area contributed by atoms with Gasteiger partial charge in [-0.25, -0.2) is 8.51 Å². The van der Waals surface area contributed by atoms with Gasteiger partial charge in [-0.2, -0.15) is 0 Å². The van der Waals surface area contributed by atoms with Gasteiger partial charge >= 0.3 is 0 Å². The van der Waals surface area contributed by atoms with E-state index in [9.17, 15) is 4.21 Å². The summed E-state index contributed by atoms with van der Waals surface area (Å²) < 4.78 is 19.9. The van der Waals surface area contributed by atoms with Crippen molar-refractivity contribution >= 4 is 11.0 Å². The van der Waals surface area contributed by atoms with Crippen LogP contribution in [0.5, 0.6) is 5.75 Å². The van der Waals surface area contributed by atoms with Crippen molar-refractivity contribution < 1.29 is 8.95 Å². The summed E-state index contributed by atoms with van der Waals surface area (Å²) in [5.74, 6) is 0.825. The Labute approximate surface area is 111 Å². The molecule has 4 nitrogen and oxygen atoms in total. The second kappa shape index (κ2) is 6.31. The third-order valence-corrected chi connectivity index (χ3v) is 4.22. The topological polar surface area (TPSA) is 41.6 Å². The van der Waals surface area contributed by atoms with Gasteiger partial charge in [0.2, 0.25) is 0 Å². The normalized spacial score (nSPS) is 18.8. The van der Waals surface area contributed by atoms with Crippen LogP contribution in [0.1, 0.15) is 13.8 Å². The minimum absolute atomic E-state index is 0.162. The summed E-state index contributed by atoms with van der Waals surface area (Å²) in [6.07, 6.45) is 0.162. The Kier molecular flexibility index (Phi) is 4.74. The Balaban J connectivity index is 2.02. The number of benzene rings is 1. The zero-order valence-corrected chi connectivity index (χ0v) is 11.7. The minimum atomic E-state index is -1.05. The molecule has 1 N–H and O–H groups in total. The lowest BCUT2D eigenvalue weighted by Gasteiger charge is -2.25. The summed E-state index contributed by atoms with van der Waals surface area (Å²) in [7, 11) is -1.05. The molecule has 5 heteroatoms. The Morgan fingerprint density at radius 3 is 2.39 bits per heavy atom. The molecular formula is C13H20N2O2S. The summed E-state index contributed by atoms with van der Waals surface area (Å²) in [5.41, 5.74) is 0. The maximum atomic E-state index is 12.3. The first kappa shape index (κ1) is 13.5. The van der Waals surface area contributed by atoms with Crippen molar-refractivity contribution in [2.75, 3.05) is 26.2 Å². The van der Waals surface area contributed by atoms with Crippen molar-refractivity contribution in [3.05, 3.63) is 24.3 Å². The summed E-state index contributed by atoms with van der Waals surface area (Å²) >= 11 is 0. The van der Waals surface area contributed by atoms with Crippen LogP contribution >= 0.6 is 0 Å². The van der Waals surface area contributed by atoms with Gasteiger partial charge < -0.3 is 10.1 Å².